The van der Waals surface area contributed by atoms with Crippen LogP contribution < -0.4 is 0 Å². The van der Waals surface area contributed by atoms with Crippen molar-refractivity contribution in [1.82, 2.24) is 19.4 Å². The van der Waals surface area contributed by atoms with E-state index < -0.39 is 11.9 Å². The number of pyridine rings is 1. The van der Waals surface area contributed by atoms with Crippen LogP contribution in [-0.2, 0) is 19.1 Å². The van der Waals surface area contributed by atoms with Crippen molar-refractivity contribution in [3.05, 3.63) is 46.8 Å². The second-order valence-corrected chi connectivity index (χ2v) is 6.55. The predicted octanol–water partition coefficient (Wildman–Crippen LogP) is 3.28. The number of amides is 1. The lowest BCUT2D eigenvalue weighted by Gasteiger charge is -2.28. The number of hydrogen-bond acceptors (Lipinski definition) is 3. The van der Waals surface area contributed by atoms with Gasteiger partial charge in [-0.1, -0.05) is 11.6 Å². The van der Waals surface area contributed by atoms with E-state index in [1.165, 1.54) is 17.0 Å². The van der Waals surface area contributed by atoms with Crippen molar-refractivity contribution in [2.75, 3.05) is 13.6 Å². The van der Waals surface area contributed by atoms with Crippen molar-refractivity contribution in [3.8, 4) is 0 Å². The summed E-state index contributed by atoms with van der Waals surface area (Å²) in [6.45, 7) is 0.830. The molecule has 0 unspecified atom stereocenters. The van der Waals surface area contributed by atoms with Crippen LogP contribution in [0.15, 0.2) is 24.7 Å². The highest BCUT2D eigenvalue weighted by Crippen LogP contribution is 2.31. The number of carbonyl (C=O) groups is 1. The first-order chi connectivity index (χ1) is 11.8. The van der Waals surface area contributed by atoms with Gasteiger partial charge in [0.15, 0.2) is 5.69 Å². The van der Waals surface area contributed by atoms with E-state index in [-0.39, 0.29) is 16.8 Å². The van der Waals surface area contributed by atoms with E-state index >= 15 is 0 Å². The highest BCUT2D eigenvalue weighted by Gasteiger charge is 2.36. The van der Waals surface area contributed by atoms with Crippen LogP contribution in [-0.4, -0.2) is 38.9 Å². The van der Waals surface area contributed by atoms with Crippen LogP contribution in [0.3, 0.4) is 0 Å². The lowest BCUT2D eigenvalue weighted by atomic mass is 9.98. The van der Waals surface area contributed by atoms with Gasteiger partial charge in [-0.25, -0.2) is 4.98 Å². The number of aromatic nitrogens is 3. The van der Waals surface area contributed by atoms with Crippen LogP contribution in [0.5, 0.6) is 0 Å². The number of carbonyl (C=O) groups excluding carboxylic acids is 1. The molecule has 1 aliphatic rings. The molecule has 3 heterocycles. The largest absolute Gasteiger partial charge is 0.434 e. The molecule has 9 heteroatoms. The minimum atomic E-state index is -4.44. The number of hydrogen-bond donors (Lipinski definition) is 0. The SMILES string of the molecule is CN(C[C@H]1CCc2nc(C(F)(F)F)cn2C1)C(=O)c1ccncc1Cl. The molecule has 5 nitrogen and oxygen atoms in total. The van der Waals surface area contributed by atoms with Gasteiger partial charge in [0, 0.05) is 45.1 Å². The fraction of sp³-hybridized carbons (Fsp3) is 0.438. The Bertz CT molecular complexity index is 790. The van der Waals surface area contributed by atoms with E-state index in [1.54, 1.807) is 18.0 Å². The van der Waals surface area contributed by atoms with E-state index in [0.29, 0.717) is 37.3 Å². The van der Waals surface area contributed by atoms with Crippen LogP contribution in [0.4, 0.5) is 13.2 Å². The summed E-state index contributed by atoms with van der Waals surface area (Å²) in [4.78, 5) is 21.5. The molecular weight excluding hydrogens is 357 g/mol. The summed E-state index contributed by atoms with van der Waals surface area (Å²) in [5.41, 5.74) is -0.506. The number of halogens is 4. The summed E-state index contributed by atoms with van der Waals surface area (Å²) in [6.07, 6.45) is 0.631. The summed E-state index contributed by atoms with van der Waals surface area (Å²) in [6, 6.07) is 1.55. The number of fused-ring (bicyclic) bond motifs is 1. The second-order valence-electron chi connectivity index (χ2n) is 6.14. The molecule has 0 N–H and O–H groups in total. The summed E-state index contributed by atoms with van der Waals surface area (Å²) in [5, 5.41) is 0.273. The van der Waals surface area contributed by atoms with Crippen molar-refractivity contribution in [2.24, 2.45) is 5.92 Å². The van der Waals surface area contributed by atoms with E-state index in [4.69, 9.17) is 11.6 Å². The van der Waals surface area contributed by atoms with Gasteiger partial charge in [-0.05, 0) is 18.4 Å². The van der Waals surface area contributed by atoms with Gasteiger partial charge in [0.2, 0.25) is 0 Å². The van der Waals surface area contributed by atoms with Gasteiger partial charge >= 0.3 is 6.18 Å². The third-order valence-corrected chi connectivity index (χ3v) is 4.56. The van der Waals surface area contributed by atoms with Crippen molar-refractivity contribution in [3.63, 3.8) is 0 Å². The Morgan fingerprint density at radius 3 is 2.92 bits per heavy atom. The molecule has 0 bridgehead atoms. The normalized spacial score (nSPS) is 17.2. The smallest absolute Gasteiger partial charge is 0.341 e. The molecule has 25 heavy (non-hydrogen) atoms. The van der Waals surface area contributed by atoms with E-state index in [0.717, 1.165) is 6.20 Å². The molecule has 2 aromatic rings. The maximum atomic E-state index is 12.8. The molecule has 1 amide bonds. The first-order valence-corrected chi connectivity index (χ1v) is 8.11. The molecule has 2 aromatic heterocycles. The Morgan fingerprint density at radius 1 is 1.48 bits per heavy atom. The molecule has 0 spiro atoms. The van der Waals surface area contributed by atoms with Gasteiger partial charge in [0.25, 0.3) is 5.91 Å². The molecule has 0 aliphatic carbocycles. The van der Waals surface area contributed by atoms with Gasteiger partial charge < -0.3 is 9.47 Å². The molecule has 0 aromatic carbocycles. The maximum absolute atomic E-state index is 12.8. The zero-order chi connectivity index (χ0) is 18.2. The fourth-order valence-corrected chi connectivity index (χ4v) is 3.22. The van der Waals surface area contributed by atoms with Gasteiger partial charge in [0.1, 0.15) is 5.82 Å². The van der Waals surface area contributed by atoms with Crippen LogP contribution >= 0.6 is 11.6 Å². The average Bonchev–Trinajstić information content (AvgIpc) is 2.98. The summed E-state index contributed by atoms with van der Waals surface area (Å²) in [7, 11) is 1.66. The van der Waals surface area contributed by atoms with Crippen molar-refractivity contribution in [1.29, 1.82) is 0 Å². The number of alkyl halides is 3. The lowest BCUT2D eigenvalue weighted by molar-refractivity contribution is -0.141. The molecule has 3 rings (SSSR count). The maximum Gasteiger partial charge on any atom is 0.434 e. The molecule has 0 saturated heterocycles. The third kappa shape index (κ3) is 3.78. The van der Waals surface area contributed by atoms with Gasteiger partial charge in [-0.3, -0.25) is 9.78 Å². The molecule has 1 aliphatic heterocycles. The van der Waals surface area contributed by atoms with Crippen LogP contribution in [0.1, 0.15) is 28.3 Å². The Balaban J connectivity index is 1.67. The Kier molecular flexibility index (Phi) is 4.73. The first kappa shape index (κ1) is 17.7. The van der Waals surface area contributed by atoms with Crippen LogP contribution in [0.2, 0.25) is 5.02 Å². The Labute approximate surface area is 147 Å². The molecule has 0 radical (unpaired) electrons. The predicted molar refractivity (Wildman–Crippen MR) is 85.2 cm³/mol. The van der Waals surface area contributed by atoms with E-state index in [1.807, 2.05) is 0 Å². The number of aryl methyl sites for hydroxylation is 1. The molecule has 1 atom stereocenters. The van der Waals surface area contributed by atoms with Gasteiger partial charge in [0.05, 0.1) is 10.6 Å². The molecular formula is C16H16ClF3N4O. The molecule has 0 fully saturated rings. The minimum absolute atomic E-state index is 0.0531. The summed E-state index contributed by atoms with van der Waals surface area (Å²) < 4.78 is 39.8. The Morgan fingerprint density at radius 2 is 2.24 bits per heavy atom. The highest BCUT2D eigenvalue weighted by atomic mass is 35.5. The Hall–Kier alpha value is -2.09. The van der Waals surface area contributed by atoms with Crippen molar-refractivity contribution in [2.45, 2.75) is 25.6 Å². The molecule has 0 saturated carbocycles. The highest BCUT2D eigenvalue weighted by molar-refractivity contribution is 6.33. The minimum Gasteiger partial charge on any atom is -0.341 e. The van der Waals surface area contributed by atoms with Crippen molar-refractivity contribution < 1.29 is 18.0 Å². The van der Waals surface area contributed by atoms with Gasteiger partial charge in [-0.2, -0.15) is 13.2 Å². The third-order valence-electron chi connectivity index (χ3n) is 4.26. The summed E-state index contributed by atoms with van der Waals surface area (Å²) >= 11 is 5.99. The zero-order valence-electron chi connectivity index (χ0n) is 13.4. The first-order valence-electron chi connectivity index (χ1n) is 7.74. The standard InChI is InChI=1S/C16H16ClF3N4O/c1-23(15(25)11-4-5-21-6-12(11)17)7-10-2-3-14-22-13(16(18,19)20)9-24(14)8-10/h4-6,9-10H,2-3,7-8H2,1H3/t10-/m1/s1. The van der Waals surface area contributed by atoms with Gasteiger partial charge in [-0.15, -0.1) is 0 Å². The summed E-state index contributed by atoms with van der Waals surface area (Å²) in [5.74, 6) is 0.256. The van der Waals surface area contributed by atoms with Crippen LogP contribution in [0, 0.1) is 5.92 Å². The fourth-order valence-electron chi connectivity index (χ4n) is 3.02. The van der Waals surface area contributed by atoms with Crippen molar-refractivity contribution >= 4 is 17.5 Å². The van der Waals surface area contributed by atoms with E-state index in [9.17, 15) is 18.0 Å². The number of nitrogens with zero attached hydrogens (tertiary/aromatic N) is 4. The number of imidazole rings is 1. The average molecular weight is 373 g/mol. The van der Waals surface area contributed by atoms with Crippen LogP contribution in [0.25, 0.3) is 0 Å². The van der Waals surface area contributed by atoms with E-state index in [2.05, 4.69) is 9.97 Å². The second kappa shape index (κ2) is 6.67. The monoisotopic (exact) mass is 372 g/mol. The quantitative estimate of drug-likeness (QED) is 0.830. The molecule has 134 valence electrons. The topological polar surface area (TPSA) is 51.0 Å². The lowest BCUT2D eigenvalue weighted by Crippen LogP contribution is -2.35. The number of rotatable bonds is 3. The zero-order valence-corrected chi connectivity index (χ0v) is 14.2.